The van der Waals surface area contributed by atoms with Crippen LogP contribution in [0.1, 0.15) is 6.42 Å². The summed E-state index contributed by atoms with van der Waals surface area (Å²) in [4.78, 5) is 5.06. The topological polar surface area (TPSA) is 33.5 Å². The van der Waals surface area contributed by atoms with E-state index < -0.39 is 0 Å². The Morgan fingerprint density at radius 1 is 1.12 bits per heavy atom. The lowest BCUT2D eigenvalue weighted by Gasteiger charge is -2.36. The number of hydrogen-bond donors (Lipinski definition) is 0. The van der Waals surface area contributed by atoms with Crippen molar-refractivity contribution in [2.45, 2.75) is 6.42 Å². The molecule has 2 aromatic heterocycles. The zero-order chi connectivity index (χ0) is 17.1. The lowest BCUT2D eigenvalue weighted by Crippen LogP contribution is -2.46. The van der Waals surface area contributed by atoms with Gasteiger partial charge < -0.3 is 9.64 Å². The van der Waals surface area contributed by atoms with Crippen LogP contribution in [0.25, 0.3) is 10.1 Å². The molecule has 132 valence electrons. The van der Waals surface area contributed by atoms with Crippen molar-refractivity contribution in [3.63, 3.8) is 0 Å². The second-order valence-corrected chi connectivity index (χ2v) is 7.38. The maximum Gasteiger partial charge on any atom is 0.211 e. The Morgan fingerprint density at radius 3 is 2.80 bits per heavy atom. The lowest BCUT2D eigenvalue weighted by atomic mass is 10.2. The van der Waals surface area contributed by atoms with Gasteiger partial charge in [-0.25, -0.2) is 4.68 Å². The molecule has 1 aliphatic rings. The molecule has 0 spiro atoms. The summed E-state index contributed by atoms with van der Waals surface area (Å²) in [6.45, 7) is 6.26. The molecule has 0 N–H and O–H groups in total. The maximum atomic E-state index is 5.76. The van der Waals surface area contributed by atoms with E-state index in [4.69, 9.17) is 4.74 Å². The molecule has 1 fully saturated rings. The van der Waals surface area contributed by atoms with E-state index in [9.17, 15) is 0 Å². The molecule has 0 amide bonds. The number of fused-ring (bicyclic) bond motifs is 1. The molecule has 0 radical (unpaired) electrons. The van der Waals surface area contributed by atoms with Crippen molar-refractivity contribution in [3.8, 4) is 5.88 Å². The SMILES string of the molecule is Cn1nccc1OCCCN1CCN(c2cccc3sccc23)CC1. The quantitative estimate of drug-likeness (QED) is 0.635. The van der Waals surface area contributed by atoms with Gasteiger partial charge in [-0.15, -0.1) is 11.3 Å². The maximum absolute atomic E-state index is 5.76. The Hall–Kier alpha value is -2.05. The number of ether oxygens (including phenoxy) is 1. The van der Waals surface area contributed by atoms with Crippen LogP contribution in [-0.4, -0.2) is 54.0 Å². The van der Waals surface area contributed by atoms with Crippen LogP contribution in [0.15, 0.2) is 41.9 Å². The standard InChI is InChI=1S/C19H24N4OS/c1-21-19(6-8-20-21)24-14-3-9-22-10-12-23(13-11-22)17-4-2-5-18-16(17)7-15-25-18/h2,4-8,15H,3,9-14H2,1H3. The first-order valence-corrected chi connectivity index (χ1v) is 9.73. The predicted octanol–water partition coefficient (Wildman–Crippen LogP) is 3.23. The smallest absolute Gasteiger partial charge is 0.211 e. The van der Waals surface area contributed by atoms with E-state index in [2.05, 4.69) is 44.5 Å². The number of thiophene rings is 1. The average Bonchev–Trinajstić information content (AvgIpc) is 3.28. The van der Waals surface area contributed by atoms with E-state index in [0.717, 1.165) is 51.6 Å². The molecule has 25 heavy (non-hydrogen) atoms. The van der Waals surface area contributed by atoms with Crippen LogP contribution in [0.3, 0.4) is 0 Å². The first-order chi connectivity index (χ1) is 12.3. The van der Waals surface area contributed by atoms with Crippen LogP contribution in [0.2, 0.25) is 0 Å². The molecule has 0 bridgehead atoms. The van der Waals surface area contributed by atoms with Crippen molar-refractivity contribution in [1.82, 2.24) is 14.7 Å². The number of anilines is 1. The molecule has 0 atom stereocenters. The van der Waals surface area contributed by atoms with Crippen molar-refractivity contribution in [1.29, 1.82) is 0 Å². The van der Waals surface area contributed by atoms with Crippen LogP contribution in [0.5, 0.6) is 5.88 Å². The van der Waals surface area contributed by atoms with Gasteiger partial charge in [-0.3, -0.25) is 4.90 Å². The van der Waals surface area contributed by atoms with Gasteiger partial charge >= 0.3 is 0 Å². The minimum Gasteiger partial charge on any atom is -0.478 e. The van der Waals surface area contributed by atoms with Crippen LogP contribution in [-0.2, 0) is 7.05 Å². The van der Waals surface area contributed by atoms with Crippen LogP contribution >= 0.6 is 11.3 Å². The molecular formula is C19H24N4OS. The van der Waals surface area contributed by atoms with Crippen molar-refractivity contribution in [3.05, 3.63) is 41.9 Å². The fourth-order valence-electron chi connectivity index (χ4n) is 3.43. The van der Waals surface area contributed by atoms with Gasteiger partial charge in [0.25, 0.3) is 0 Å². The van der Waals surface area contributed by atoms with Gasteiger partial charge in [0.2, 0.25) is 5.88 Å². The van der Waals surface area contributed by atoms with Gasteiger partial charge in [-0.05, 0) is 30.0 Å². The molecule has 3 heterocycles. The Balaban J connectivity index is 1.24. The number of benzene rings is 1. The highest BCUT2D eigenvalue weighted by Crippen LogP contribution is 2.31. The summed E-state index contributed by atoms with van der Waals surface area (Å²) in [5.74, 6) is 0.841. The summed E-state index contributed by atoms with van der Waals surface area (Å²) in [5.41, 5.74) is 1.39. The van der Waals surface area contributed by atoms with E-state index in [1.165, 1.54) is 15.8 Å². The third-order valence-corrected chi connectivity index (χ3v) is 5.71. The fourth-order valence-corrected chi connectivity index (χ4v) is 4.24. The molecule has 6 heteroatoms. The molecule has 1 aliphatic heterocycles. The first-order valence-electron chi connectivity index (χ1n) is 8.85. The van der Waals surface area contributed by atoms with E-state index in [1.54, 1.807) is 10.9 Å². The van der Waals surface area contributed by atoms with Crippen LogP contribution in [0, 0.1) is 0 Å². The van der Waals surface area contributed by atoms with Crippen molar-refractivity contribution in [2.24, 2.45) is 7.05 Å². The molecule has 0 saturated carbocycles. The first kappa shape index (κ1) is 16.4. The second kappa shape index (κ2) is 7.45. The fraction of sp³-hybridized carbons (Fsp3) is 0.421. The number of rotatable bonds is 6. The Kier molecular flexibility index (Phi) is 4.90. The third kappa shape index (κ3) is 3.65. The number of aryl methyl sites for hydroxylation is 1. The summed E-state index contributed by atoms with van der Waals surface area (Å²) < 4.78 is 8.91. The summed E-state index contributed by atoms with van der Waals surface area (Å²) in [6, 6.07) is 10.8. The summed E-state index contributed by atoms with van der Waals surface area (Å²) >= 11 is 1.82. The van der Waals surface area contributed by atoms with Crippen molar-refractivity contribution < 1.29 is 4.74 Å². The summed E-state index contributed by atoms with van der Waals surface area (Å²) in [6.07, 6.45) is 2.81. The molecule has 3 aromatic rings. The zero-order valence-corrected chi connectivity index (χ0v) is 15.4. The average molecular weight is 356 g/mol. The number of piperazine rings is 1. The zero-order valence-electron chi connectivity index (χ0n) is 14.6. The van der Waals surface area contributed by atoms with Crippen molar-refractivity contribution in [2.75, 3.05) is 44.2 Å². The molecule has 1 aromatic carbocycles. The Labute approximate surface area is 152 Å². The van der Waals surface area contributed by atoms with Gasteiger partial charge in [0.1, 0.15) is 0 Å². The monoisotopic (exact) mass is 356 g/mol. The summed E-state index contributed by atoms with van der Waals surface area (Å²) in [5, 5.41) is 7.70. The number of hydrogen-bond acceptors (Lipinski definition) is 5. The van der Waals surface area contributed by atoms with Crippen LogP contribution in [0.4, 0.5) is 5.69 Å². The Morgan fingerprint density at radius 2 is 2.00 bits per heavy atom. The minimum absolute atomic E-state index is 0.744. The highest BCUT2D eigenvalue weighted by atomic mass is 32.1. The molecule has 4 rings (SSSR count). The lowest BCUT2D eigenvalue weighted by molar-refractivity contribution is 0.218. The highest BCUT2D eigenvalue weighted by molar-refractivity contribution is 7.17. The molecule has 0 unspecified atom stereocenters. The van der Waals surface area contributed by atoms with Gasteiger partial charge in [-0.2, -0.15) is 5.10 Å². The number of nitrogens with zero attached hydrogens (tertiary/aromatic N) is 4. The second-order valence-electron chi connectivity index (χ2n) is 6.43. The normalized spacial score (nSPS) is 15.8. The van der Waals surface area contributed by atoms with E-state index in [-0.39, 0.29) is 0 Å². The van der Waals surface area contributed by atoms with E-state index in [1.807, 2.05) is 24.5 Å². The molecule has 0 aliphatic carbocycles. The van der Waals surface area contributed by atoms with Gasteiger partial charge in [0.15, 0.2) is 0 Å². The van der Waals surface area contributed by atoms with Gasteiger partial charge in [0.05, 0.1) is 12.8 Å². The highest BCUT2D eigenvalue weighted by Gasteiger charge is 2.18. The van der Waals surface area contributed by atoms with Gasteiger partial charge in [0, 0.05) is 61.6 Å². The van der Waals surface area contributed by atoms with Gasteiger partial charge in [-0.1, -0.05) is 6.07 Å². The third-order valence-electron chi connectivity index (χ3n) is 4.83. The van der Waals surface area contributed by atoms with E-state index in [0.29, 0.717) is 0 Å². The van der Waals surface area contributed by atoms with Crippen LogP contribution < -0.4 is 9.64 Å². The molecular weight excluding hydrogens is 332 g/mol. The largest absolute Gasteiger partial charge is 0.478 e. The molecule has 1 saturated heterocycles. The Bertz CT molecular complexity index is 820. The molecule has 5 nitrogen and oxygen atoms in total. The summed E-state index contributed by atoms with van der Waals surface area (Å²) in [7, 11) is 1.91. The minimum atomic E-state index is 0.744. The van der Waals surface area contributed by atoms with E-state index >= 15 is 0 Å². The van der Waals surface area contributed by atoms with Crippen molar-refractivity contribution >= 4 is 27.1 Å². The predicted molar refractivity (Wildman–Crippen MR) is 104 cm³/mol. The number of aromatic nitrogens is 2.